The quantitative estimate of drug-likeness (QED) is 0.800. The molecule has 0 fully saturated rings. The maximum Gasteiger partial charge on any atom is 0.264 e. The van der Waals surface area contributed by atoms with Crippen LogP contribution in [0, 0.1) is 6.92 Å². The molecule has 6 heteroatoms. The number of nitrogens with one attached hydrogen (secondary N) is 2. The molecule has 0 saturated heterocycles. The van der Waals surface area contributed by atoms with E-state index >= 15 is 0 Å². The lowest BCUT2D eigenvalue weighted by atomic mass is 10.1. The van der Waals surface area contributed by atoms with E-state index in [1.807, 2.05) is 32.0 Å². The third-order valence-corrected chi connectivity index (χ3v) is 3.16. The van der Waals surface area contributed by atoms with Crippen LogP contribution in [0.25, 0.3) is 11.3 Å². The van der Waals surface area contributed by atoms with Gasteiger partial charge in [-0.2, -0.15) is 5.10 Å². The minimum atomic E-state index is -0.250. The zero-order valence-electron chi connectivity index (χ0n) is 12.7. The van der Waals surface area contributed by atoms with Crippen molar-refractivity contribution in [2.75, 3.05) is 18.5 Å². The fourth-order valence-electron chi connectivity index (χ4n) is 1.94. The summed E-state index contributed by atoms with van der Waals surface area (Å²) in [5.74, 6) is -0.0943. The number of benzene rings is 1. The summed E-state index contributed by atoms with van der Waals surface area (Å²) in [6.07, 6.45) is 0.314. The summed E-state index contributed by atoms with van der Waals surface area (Å²) >= 11 is 0. The van der Waals surface area contributed by atoms with Gasteiger partial charge < -0.3 is 10.1 Å². The van der Waals surface area contributed by atoms with Crippen molar-refractivity contribution in [3.63, 3.8) is 0 Å². The molecule has 1 heterocycles. The van der Waals surface area contributed by atoms with Crippen molar-refractivity contribution in [2.24, 2.45) is 0 Å². The van der Waals surface area contributed by atoms with Crippen molar-refractivity contribution in [1.29, 1.82) is 0 Å². The first-order valence-electron chi connectivity index (χ1n) is 7.14. The van der Waals surface area contributed by atoms with Gasteiger partial charge in [-0.15, -0.1) is 0 Å². The molecule has 0 aliphatic rings. The Morgan fingerprint density at radius 3 is 2.82 bits per heavy atom. The van der Waals surface area contributed by atoms with Gasteiger partial charge in [-0.05, 0) is 31.5 Å². The lowest BCUT2D eigenvalue weighted by Gasteiger charge is -2.10. The molecule has 0 radical (unpaired) electrons. The summed E-state index contributed by atoms with van der Waals surface area (Å²) in [4.78, 5) is 22.9. The number of aromatic nitrogens is 2. The molecule has 0 spiro atoms. The van der Waals surface area contributed by atoms with E-state index in [9.17, 15) is 9.59 Å². The molecular weight excluding hydrogens is 282 g/mol. The van der Waals surface area contributed by atoms with E-state index in [2.05, 4.69) is 15.5 Å². The number of H-pyrrole nitrogens is 1. The third-order valence-electron chi connectivity index (χ3n) is 3.16. The molecule has 2 aromatic rings. The molecule has 0 aliphatic carbocycles. The van der Waals surface area contributed by atoms with Crippen LogP contribution in [0.1, 0.15) is 18.9 Å². The first-order chi connectivity index (χ1) is 10.6. The molecule has 0 atom stereocenters. The lowest BCUT2D eigenvalue weighted by Crippen LogP contribution is -2.15. The molecule has 0 aliphatic heterocycles. The van der Waals surface area contributed by atoms with Crippen LogP contribution >= 0.6 is 0 Å². The normalized spacial score (nSPS) is 10.5. The van der Waals surface area contributed by atoms with Gasteiger partial charge in [0, 0.05) is 23.9 Å². The van der Waals surface area contributed by atoms with Crippen LogP contribution in [-0.2, 0) is 9.53 Å². The molecule has 1 amide bonds. The van der Waals surface area contributed by atoms with Gasteiger partial charge in [-0.1, -0.05) is 12.1 Å². The van der Waals surface area contributed by atoms with E-state index in [0.717, 1.165) is 16.8 Å². The maximum atomic E-state index is 11.9. The maximum absolute atomic E-state index is 11.9. The van der Waals surface area contributed by atoms with Gasteiger partial charge in [-0.3, -0.25) is 9.59 Å². The fourth-order valence-corrected chi connectivity index (χ4v) is 1.94. The number of amides is 1. The van der Waals surface area contributed by atoms with E-state index in [-0.39, 0.29) is 11.5 Å². The van der Waals surface area contributed by atoms with Crippen LogP contribution < -0.4 is 10.9 Å². The number of carbonyl (C=O) groups is 1. The fraction of sp³-hybridized carbons (Fsp3) is 0.312. The molecule has 1 aromatic carbocycles. The highest BCUT2D eigenvalue weighted by Crippen LogP contribution is 2.23. The van der Waals surface area contributed by atoms with Crippen molar-refractivity contribution in [3.05, 3.63) is 46.2 Å². The third kappa shape index (κ3) is 4.26. The highest BCUT2D eigenvalue weighted by Gasteiger charge is 2.07. The second kappa shape index (κ2) is 7.51. The van der Waals surface area contributed by atoms with Gasteiger partial charge in [0.2, 0.25) is 5.91 Å². The topological polar surface area (TPSA) is 84.1 Å². The number of aromatic amines is 1. The Bertz CT molecular complexity index is 690. The summed E-state index contributed by atoms with van der Waals surface area (Å²) < 4.78 is 5.17. The van der Waals surface area contributed by atoms with E-state index in [0.29, 0.717) is 25.3 Å². The first-order valence-corrected chi connectivity index (χ1v) is 7.14. The average Bonchev–Trinajstić information content (AvgIpc) is 2.51. The van der Waals surface area contributed by atoms with Gasteiger partial charge in [-0.25, -0.2) is 5.10 Å². The van der Waals surface area contributed by atoms with Crippen molar-refractivity contribution in [2.45, 2.75) is 20.3 Å². The summed E-state index contributed by atoms with van der Waals surface area (Å²) in [6.45, 7) is 4.81. The summed E-state index contributed by atoms with van der Waals surface area (Å²) in [7, 11) is 0. The zero-order valence-corrected chi connectivity index (χ0v) is 12.7. The number of carbonyl (C=O) groups excluding carboxylic acids is 1. The number of aryl methyl sites for hydroxylation is 1. The van der Waals surface area contributed by atoms with Gasteiger partial charge in [0.1, 0.15) is 0 Å². The van der Waals surface area contributed by atoms with E-state index in [1.165, 1.54) is 6.07 Å². The minimum Gasteiger partial charge on any atom is -0.381 e. The second-order valence-corrected chi connectivity index (χ2v) is 4.83. The van der Waals surface area contributed by atoms with Crippen LogP contribution in [0.5, 0.6) is 0 Å². The van der Waals surface area contributed by atoms with Crippen molar-refractivity contribution < 1.29 is 9.53 Å². The Morgan fingerprint density at radius 2 is 2.14 bits per heavy atom. The Morgan fingerprint density at radius 1 is 1.32 bits per heavy atom. The Kier molecular flexibility index (Phi) is 5.43. The van der Waals surface area contributed by atoms with Crippen molar-refractivity contribution in [1.82, 2.24) is 10.2 Å². The molecule has 6 nitrogen and oxygen atoms in total. The summed E-state index contributed by atoms with van der Waals surface area (Å²) in [6, 6.07) is 8.70. The number of rotatable bonds is 6. The SMILES string of the molecule is CCOCCC(=O)Nc1cc(-c2ccc(=O)[nH]n2)ccc1C. The van der Waals surface area contributed by atoms with E-state index in [4.69, 9.17) is 4.74 Å². The molecule has 0 saturated carbocycles. The molecule has 2 rings (SSSR count). The van der Waals surface area contributed by atoms with E-state index < -0.39 is 0 Å². The van der Waals surface area contributed by atoms with Crippen LogP contribution in [0.2, 0.25) is 0 Å². The second-order valence-electron chi connectivity index (χ2n) is 4.83. The lowest BCUT2D eigenvalue weighted by molar-refractivity contribution is -0.117. The predicted molar refractivity (Wildman–Crippen MR) is 84.8 cm³/mol. The zero-order chi connectivity index (χ0) is 15.9. The summed E-state index contributed by atoms with van der Waals surface area (Å²) in [5, 5.41) is 9.26. The van der Waals surface area contributed by atoms with Gasteiger partial charge in [0.05, 0.1) is 18.7 Å². The van der Waals surface area contributed by atoms with E-state index in [1.54, 1.807) is 6.07 Å². The van der Waals surface area contributed by atoms with Crippen LogP contribution in [0.4, 0.5) is 5.69 Å². The number of anilines is 1. The molecule has 116 valence electrons. The van der Waals surface area contributed by atoms with Crippen molar-refractivity contribution >= 4 is 11.6 Å². The number of nitrogens with zero attached hydrogens (tertiary/aromatic N) is 1. The smallest absolute Gasteiger partial charge is 0.264 e. The first kappa shape index (κ1) is 15.9. The van der Waals surface area contributed by atoms with Crippen molar-refractivity contribution in [3.8, 4) is 11.3 Å². The minimum absolute atomic E-state index is 0.0943. The number of hydrogen-bond acceptors (Lipinski definition) is 4. The van der Waals surface area contributed by atoms with Crippen LogP contribution in [-0.4, -0.2) is 29.3 Å². The van der Waals surface area contributed by atoms with Crippen LogP contribution in [0.15, 0.2) is 35.1 Å². The number of hydrogen-bond donors (Lipinski definition) is 2. The number of ether oxygens (including phenoxy) is 1. The molecule has 1 aromatic heterocycles. The molecular formula is C16H19N3O3. The molecule has 22 heavy (non-hydrogen) atoms. The molecule has 0 bridgehead atoms. The predicted octanol–water partition coefficient (Wildman–Crippen LogP) is 2.11. The monoisotopic (exact) mass is 301 g/mol. The summed E-state index contributed by atoms with van der Waals surface area (Å²) in [5.41, 5.74) is 2.90. The van der Waals surface area contributed by atoms with Gasteiger partial charge in [0.25, 0.3) is 5.56 Å². The molecule has 0 unspecified atom stereocenters. The Hall–Kier alpha value is -2.47. The molecule has 2 N–H and O–H groups in total. The standard InChI is InChI=1S/C16H19N3O3/c1-3-22-9-8-15(20)17-14-10-12(5-4-11(14)2)13-6-7-16(21)19-18-13/h4-7,10H,3,8-9H2,1-2H3,(H,17,20)(H,19,21). The van der Waals surface area contributed by atoms with Gasteiger partial charge in [0.15, 0.2) is 0 Å². The Labute approximate surface area is 128 Å². The Balaban J connectivity index is 2.14. The van der Waals surface area contributed by atoms with Gasteiger partial charge >= 0.3 is 0 Å². The highest BCUT2D eigenvalue weighted by atomic mass is 16.5. The highest BCUT2D eigenvalue weighted by molar-refractivity contribution is 5.92. The average molecular weight is 301 g/mol. The largest absolute Gasteiger partial charge is 0.381 e. The van der Waals surface area contributed by atoms with Crippen LogP contribution in [0.3, 0.4) is 0 Å².